The summed E-state index contributed by atoms with van der Waals surface area (Å²) in [5.41, 5.74) is 10.2. The predicted octanol–water partition coefficient (Wildman–Crippen LogP) is 4.58. The van der Waals surface area contributed by atoms with Crippen LogP contribution in [0.4, 0.5) is 5.69 Å². The average molecular weight is 311 g/mol. The zero-order valence-corrected chi connectivity index (χ0v) is 11.8. The summed E-state index contributed by atoms with van der Waals surface area (Å²) in [6.45, 7) is 2.03. The first-order chi connectivity index (χ1) is 8.06. The van der Waals surface area contributed by atoms with E-state index < -0.39 is 0 Å². The van der Waals surface area contributed by atoms with Gasteiger partial charge in [0.05, 0.1) is 0 Å². The molecule has 0 aliphatic heterocycles. The lowest BCUT2D eigenvalue weighted by molar-refractivity contribution is 1.16. The standard InChI is InChI=1S/C14H13BrClN/c1-9-11(7-13(16)8-14(9)17)5-10-3-2-4-12(15)6-10/h2-4,6-8H,5,17H2,1H3. The van der Waals surface area contributed by atoms with Crippen molar-refractivity contribution in [2.24, 2.45) is 0 Å². The summed E-state index contributed by atoms with van der Waals surface area (Å²) in [6, 6.07) is 12.0. The summed E-state index contributed by atoms with van der Waals surface area (Å²) < 4.78 is 1.09. The number of nitrogens with two attached hydrogens (primary N) is 1. The van der Waals surface area contributed by atoms with E-state index in [0.717, 1.165) is 22.1 Å². The molecular formula is C14H13BrClN. The van der Waals surface area contributed by atoms with Crippen molar-refractivity contribution in [3.05, 3.63) is 62.6 Å². The van der Waals surface area contributed by atoms with Gasteiger partial charge in [0.15, 0.2) is 0 Å². The molecule has 0 heterocycles. The average Bonchev–Trinajstić information content (AvgIpc) is 2.25. The molecule has 0 saturated heterocycles. The minimum atomic E-state index is 0.693. The fourth-order valence-corrected chi connectivity index (χ4v) is 2.50. The second kappa shape index (κ2) is 5.11. The van der Waals surface area contributed by atoms with Crippen LogP contribution in [-0.4, -0.2) is 0 Å². The van der Waals surface area contributed by atoms with Crippen molar-refractivity contribution in [3.8, 4) is 0 Å². The highest BCUT2D eigenvalue weighted by atomic mass is 79.9. The van der Waals surface area contributed by atoms with E-state index in [1.165, 1.54) is 11.1 Å². The van der Waals surface area contributed by atoms with Gasteiger partial charge in [-0.15, -0.1) is 0 Å². The van der Waals surface area contributed by atoms with Crippen molar-refractivity contribution in [2.75, 3.05) is 5.73 Å². The Kier molecular flexibility index (Phi) is 3.75. The van der Waals surface area contributed by atoms with Gasteiger partial charge in [0, 0.05) is 15.2 Å². The first kappa shape index (κ1) is 12.5. The van der Waals surface area contributed by atoms with Gasteiger partial charge >= 0.3 is 0 Å². The molecule has 0 radical (unpaired) electrons. The van der Waals surface area contributed by atoms with E-state index >= 15 is 0 Å². The SMILES string of the molecule is Cc1c(N)cc(Cl)cc1Cc1cccc(Br)c1. The normalized spacial score (nSPS) is 10.5. The summed E-state index contributed by atoms with van der Waals surface area (Å²) in [7, 11) is 0. The maximum atomic E-state index is 6.03. The number of hydrogen-bond acceptors (Lipinski definition) is 1. The molecule has 2 aromatic rings. The molecule has 88 valence electrons. The topological polar surface area (TPSA) is 26.0 Å². The van der Waals surface area contributed by atoms with E-state index in [-0.39, 0.29) is 0 Å². The van der Waals surface area contributed by atoms with Gasteiger partial charge in [0.2, 0.25) is 0 Å². The molecule has 0 bridgehead atoms. The highest BCUT2D eigenvalue weighted by Crippen LogP contribution is 2.25. The van der Waals surface area contributed by atoms with Crippen LogP contribution in [0.1, 0.15) is 16.7 Å². The molecule has 3 heteroatoms. The number of hydrogen-bond donors (Lipinski definition) is 1. The van der Waals surface area contributed by atoms with Crippen molar-refractivity contribution in [1.82, 2.24) is 0 Å². The van der Waals surface area contributed by atoms with Crippen molar-refractivity contribution in [1.29, 1.82) is 0 Å². The summed E-state index contributed by atoms with van der Waals surface area (Å²) in [5, 5.41) is 0.693. The number of benzene rings is 2. The monoisotopic (exact) mass is 309 g/mol. The fraction of sp³-hybridized carbons (Fsp3) is 0.143. The molecule has 0 fully saturated rings. The van der Waals surface area contributed by atoms with Gasteiger partial charge < -0.3 is 5.73 Å². The number of anilines is 1. The van der Waals surface area contributed by atoms with Gasteiger partial charge in [-0.1, -0.05) is 39.7 Å². The minimum Gasteiger partial charge on any atom is -0.398 e. The van der Waals surface area contributed by atoms with Crippen molar-refractivity contribution in [2.45, 2.75) is 13.3 Å². The van der Waals surface area contributed by atoms with Crippen molar-refractivity contribution >= 4 is 33.2 Å². The Hall–Kier alpha value is -0.990. The highest BCUT2D eigenvalue weighted by molar-refractivity contribution is 9.10. The number of halogens is 2. The summed E-state index contributed by atoms with van der Waals surface area (Å²) in [6.07, 6.45) is 0.843. The second-order valence-corrected chi connectivity index (χ2v) is 5.44. The smallest absolute Gasteiger partial charge is 0.0429 e. The number of rotatable bonds is 2. The molecule has 17 heavy (non-hydrogen) atoms. The molecule has 0 atom stereocenters. The Morgan fingerprint density at radius 1 is 1.24 bits per heavy atom. The van der Waals surface area contributed by atoms with Crippen LogP contribution in [0.3, 0.4) is 0 Å². The van der Waals surface area contributed by atoms with Gasteiger partial charge in [-0.05, 0) is 54.3 Å². The highest BCUT2D eigenvalue weighted by Gasteiger charge is 2.05. The van der Waals surface area contributed by atoms with Crippen LogP contribution < -0.4 is 5.73 Å². The Morgan fingerprint density at radius 3 is 2.71 bits per heavy atom. The van der Waals surface area contributed by atoms with E-state index in [4.69, 9.17) is 17.3 Å². The summed E-state index contributed by atoms with van der Waals surface area (Å²) >= 11 is 9.50. The van der Waals surface area contributed by atoms with Crippen LogP contribution in [-0.2, 0) is 6.42 Å². The molecule has 0 spiro atoms. The van der Waals surface area contributed by atoms with Crippen LogP contribution in [0.5, 0.6) is 0 Å². The first-order valence-electron chi connectivity index (χ1n) is 5.35. The van der Waals surface area contributed by atoms with Crippen LogP contribution in [0.15, 0.2) is 40.9 Å². The van der Waals surface area contributed by atoms with Gasteiger partial charge in [-0.3, -0.25) is 0 Å². The maximum absolute atomic E-state index is 6.03. The second-order valence-electron chi connectivity index (χ2n) is 4.09. The van der Waals surface area contributed by atoms with Crippen LogP contribution in [0.2, 0.25) is 5.02 Å². The van der Waals surface area contributed by atoms with E-state index in [1.807, 2.05) is 25.1 Å². The predicted molar refractivity (Wildman–Crippen MR) is 77.5 cm³/mol. The van der Waals surface area contributed by atoms with Gasteiger partial charge in [-0.2, -0.15) is 0 Å². The molecule has 0 aromatic heterocycles. The first-order valence-corrected chi connectivity index (χ1v) is 6.52. The van der Waals surface area contributed by atoms with Crippen molar-refractivity contribution in [3.63, 3.8) is 0 Å². The zero-order valence-electron chi connectivity index (χ0n) is 9.50. The molecule has 0 aliphatic carbocycles. The van der Waals surface area contributed by atoms with Gasteiger partial charge in [-0.25, -0.2) is 0 Å². The lowest BCUT2D eigenvalue weighted by Crippen LogP contribution is -1.97. The molecule has 0 amide bonds. The summed E-state index contributed by atoms with van der Waals surface area (Å²) in [4.78, 5) is 0. The van der Waals surface area contributed by atoms with E-state index in [1.54, 1.807) is 6.07 Å². The molecule has 1 nitrogen and oxygen atoms in total. The molecular weight excluding hydrogens is 298 g/mol. The largest absolute Gasteiger partial charge is 0.398 e. The van der Waals surface area contributed by atoms with E-state index in [9.17, 15) is 0 Å². The Labute approximate surface area is 115 Å². The molecule has 2 N–H and O–H groups in total. The van der Waals surface area contributed by atoms with Crippen LogP contribution in [0, 0.1) is 6.92 Å². The number of nitrogen functional groups attached to an aromatic ring is 1. The molecule has 2 aromatic carbocycles. The zero-order chi connectivity index (χ0) is 12.4. The third kappa shape index (κ3) is 3.02. The molecule has 0 aliphatic rings. The minimum absolute atomic E-state index is 0.693. The lowest BCUT2D eigenvalue weighted by Gasteiger charge is -2.10. The van der Waals surface area contributed by atoms with Crippen molar-refractivity contribution < 1.29 is 0 Å². The van der Waals surface area contributed by atoms with Crippen LogP contribution in [0.25, 0.3) is 0 Å². The Morgan fingerprint density at radius 2 is 2.00 bits per heavy atom. The van der Waals surface area contributed by atoms with Gasteiger partial charge in [0.25, 0.3) is 0 Å². The lowest BCUT2D eigenvalue weighted by atomic mass is 9.99. The fourth-order valence-electron chi connectivity index (χ4n) is 1.81. The quantitative estimate of drug-likeness (QED) is 0.807. The third-order valence-electron chi connectivity index (χ3n) is 2.80. The molecule has 2 rings (SSSR count). The maximum Gasteiger partial charge on any atom is 0.0429 e. The third-order valence-corrected chi connectivity index (χ3v) is 3.52. The molecule has 0 unspecified atom stereocenters. The Bertz CT molecular complexity index is 552. The van der Waals surface area contributed by atoms with Gasteiger partial charge in [0.1, 0.15) is 0 Å². The molecule has 0 saturated carbocycles. The Balaban J connectivity index is 2.36. The van der Waals surface area contributed by atoms with E-state index in [0.29, 0.717) is 5.02 Å². The summed E-state index contributed by atoms with van der Waals surface area (Å²) in [5.74, 6) is 0. The van der Waals surface area contributed by atoms with E-state index in [2.05, 4.69) is 28.1 Å². The van der Waals surface area contributed by atoms with Crippen LogP contribution >= 0.6 is 27.5 Å².